The first kappa shape index (κ1) is 13.8. The molecule has 1 aliphatic heterocycles. The van der Waals surface area contributed by atoms with E-state index in [1.54, 1.807) is 11.3 Å². The zero-order chi connectivity index (χ0) is 14.1. The molecule has 0 fully saturated rings. The Hall–Kier alpha value is -1.16. The van der Waals surface area contributed by atoms with Gasteiger partial charge in [-0.2, -0.15) is 0 Å². The van der Waals surface area contributed by atoms with Crippen LogP contribution in [0.3, 0.4) is 0 Å². The molecular weight excluding hydrogens is 268 g/mol. The van der Waals surface area contributed by atoms with Gasteiger partial charge in [-0.1, -0.05) is 24.3 Å². The predicted octanol–water partition coefficient (Wildman–Crippen LogP) is 4.10. The monoisotopic (exact) mass is 288 g/mol. The summed E-state index contributed by atoms with van der Waals surface area (Å²) in [5.74, 6) is 0. The number of rotatable bonds is 3. The van der Waals surface area contributed by atoms with Gasteiger partial charge < -0.3 is 9.84 Å². The molecule has 0 bridgehead atoms. The molecule has 1 N–H and O–H groups in total. The summed E-state index contributed by atoms with van der Waals surface area (Å²) in [5.41, 5.74) is 3.65. The van der Waals surface area contributed by atoms with Gasteiger partial charge in [-0.3, -0.25) is 0 Å². The van der Waals surface area contributed by atoms with Crippen LogP contribution in [0.4, 0.5) is 0 Å². The second-order valence-corrected chi connectivity index (χ2v) is 6.89. The van der Waals surface area contributed by atoms with Crippen LogP contribution in [0.5, 0.6) is 0 Å². The highest BCUT2D eigenvalue weighted by atomic mass is 32.1. The van der Waals surface area contributed by atoms with Crippen LogP contribution in [0.15, 0.2) is 30.3 Å². The fraction of sp³-hybridized carbons (Fsp3) is 0.412. The zero-order valence-corrected chi connectivity index (χ0v) is 12.7. The van der Waals surface area contributed by atoms with Crippen molar-refractivity contribution in [2.75, 3.05) is 6.61 Å². The van der Waals surface area contributed by atoms with Gasteiger partial charge in [0, 0.05) is 16.2 Å². The Morgan fingerprint density at radius 3 is 2.90 bits per heavy atom. The van der Waals surface area contributed by atoms with Crippen LogP contribution in [0, 0.1) is 13.8 Å². The van der Waals surface area contributed by atoms with E-state index in [1.807, 2.05) is 6.07 Å². The molecule has 0 radical (unpaired) electrons. The Kier molecular flexibility index (Phi) is 3.92. The molecule has 2 aromatic rings. The van der Waals surface area contributed by atoms with Crippen molar-refractivity contribution >= 4 is 11.3 Å². The minimum absolute atomic E-state index is 0.00885. The average Bonchev–Trinajstić information content (AvgIpc) is 2.78. The minimum atomic E-state index is -0.448. The first-order chi connectivity index (χ1) is 9.65. The van der Waals surface area contributed by atoms with Crippen molar-refractivity contribution in [3.05, 3.63) is 56.8 Å². The number of aryl methyl sites for hydroxylation is 2. The lowest BCUT2D eigenvalue weighted by atomic mass is 9.92. The van der Waals surface area contributed by atoms with Gasteiger partial charge in [0.1, 0.15) is 0 Å². The third-order valence-corrected chi connectivity index (χ3v) is 4.95. The highest BCUT2D eigenvalue weighted by Gasteiger charge is 2.25. The topological polar surface area (TPSA) is 29.5 Å². The van der Waals surface area contributed by atoms with E-state index >= 15 is 0 Å². The second-order valence-electron chi connectivity index (χ2n) is 5.43. The van der Waals surface area contributed by atoms with E-state index in [0.717, 1.165) is 18.6 Å². The van der Waals surface area contributed by atoms with Crippen LogP contribution >= 0.6 is 11.3 Å². The molecule has 20 heavy (non-hydrogen) atoms. The van der Waals surface area contributed by atoms with Crippen molar-refractivity contribution in [1.82, 2.24) is 0 Å². The van der Waals surface area contributed by atoms with Crippen LogP contribution in [-0.4, -0.2) is 11.7 Å². The van der Waals surface area contributed by atoms with Gasteiger partial charge in [-0.25, -0.2) is 0 Å². The Bertz CT molecular complexity index is 603. The Labute approximate surface area is 124 Å². The summed E-state index contributed by atoms with van der Waals surface area (Å²) in [5, 5.41) is 10.5. The Balaban J connectivity index is 1.80. The maximum atomic E-state index is 10.5. The third-order valence-electron chi connectivity index (χ3n) is 3.97. The average molecular weight is 288 g/mol. The summed E-state index contributed by atoms with van der Waals surface area (Å²) >= 11 is 1.74. The third kappa shape index (κ3) is 2.66. The Morgan fingerprint density at radius 1 is 1.35 bits per heavy atom. The number of thiophene rings is 1. The molecule has 3 rings (SSSR count). The smallest absolute Gasteiger partial charge is 0.0855 e. The molecule has 1 aromatic heterocycles. The number of hydrogen-bond acceptors (Lipinski definition) is 3. The quantitative estimate of drug-likeness (QED) is 0.921. The van der Waals surface area contributed by atoms with Crippen LogP contribution in [0.1, 0.15) is 45.1 Å². The standard InChI is InChI=1S/C17H20O2S/c1-11-9-15(12(2)20-11)16(18)10-17-14-6-4-3-5-13(14)7-8-19-17/h3-6,9,16-18H,7-8,10H2,1-2H3. The van der Waals surface area contributed by atoms with Gasteiger partial charge >= 0.3 is 0 Å². The highest BCUT2D eigenvalue weighted by molar-refractivity contribution is 7.12. The molecule has 0 saturated heterocycles. The highest BCUT2D eigenvalue weighted by Crippen LogP contribution is 2.36. The maximum Gasteiger partial charge on any atom is 0.0855 e. The molecular formula is C17H20O2S. The first-order valence-corrected chi connectivity index (χ1v) is 7.91. The lowest BCUT2D eigenvalue weighted by Crippen LogP contribution is -2.18. The van der Waals surface area contributed by atoms with Gasteiger partial charge in [0.25, 0.3) is 0 Å². The van der Waals surface area contributed by atoms with E-state index in [0.29, 0.717) is 6.42 Å². The van der Waals surface area contributed by atoms with Crippen molar-refractivity contribution < 1.29 is 9.84 Å². The van der Waals surface area contributed by atoms with E-state index in [-0.39, 0.29) is 6.10 Å². The molecule has 0 aliphatic carbocycles. The fourth-order valence-electron chi connectivity index (χ4n) is 2.98. The number of benzene rings is 1. The molecule has 1 aromatic carbocycles. The van der Waals surface area contributed by atoms with Crippen molar-refractivity contribution in [1.29, 1.82) is 0 Å². The molecule has 1 aliphatic rings. The largest absolute Gasteiger partial charge is 0.388 e. The molecule has 106 valence electrons. The fourth-order valence-corrected chi connectivity index (χ4v) is 3.96. The second kappa shape index (κ2) is 5.68. The minimum Gasteiger partial charge on any atom is -0.388 e. The van der Waals surface area contributed by atoms with Crippen molar-refractivity contribution in [2.45, 2.75) is 38.9 Å². The summed E-state index contributed by atoms with van der Waals surface area (Å²) in [6.07, 6.45) is 1.17. The number of hydrogen-bond donors (Lipinski definition) is 1. The number of aliphatic hydroxyl groups is 1. The Morgan fingerprint density at radius 2 is 2.15 bits per heavy atom. The van der Waals surface area contributed by atoms with Crippen LogP contribution in [-0.2, 0) is 11.2 Å². The van der Waals surface area contributed by atoms with E-state index < -0.39 is 6.10 Å². The first-order valence-electron chi connectivity index (χ1n) is 7.09. The van der Waals surface area contributed by atoms with Gasteiger partial charge in [0.15, 0.2) is 0 Å². The van der Waals surface area contributed by atoms with Crippen LogP contribution in [0.2, 0.25) is 0 Å². The normalized spacial score (nSPS) is 19.6. The summed E-state index contributed by atoms with van der Waals surface area (Å²) in [6.45, 7) is 4.90. The maximum absolute atomic E-state index is 10.5. The summed E-state index contributed by atoms with van der Waals surface area (Å²) in [7, 11) is 0. The van der Waals surface area contributed by atoms with Crippen molar-refractivity contribution in [2.24, 2.45) is 0 Å². The number of fused-ring (bicyclic) bond motifs is 1. The molecule has 0 saturated carbocycles. The molecule has 0 spiro atoms. The summed E-state index contributed by atoms with van der Waals surface area (Å²) < 4.78 is 5.89. The lowest BCUT2D eigenvalue weighted by molar-refractivity contribution is 0.00374. The predicted molar refractivity (Wildman–Crippen MR) is 82.2 cm³/mol. The molecule has 0 amide bonds. The molecule has 2 nitrogen and oxygen atoms in total. The van der Waals surface area contributed by atoms with Gasteiger partial charge in [-0.15, -0.1) is 11.3 Å². The van der Waals surface area contributed by atoms with E-state index in [9.17, 15) is 5.11 Å². The summed E-state index contributed by atoms with van der Waals surface area (Å²) in [6, 6.07) is 10.5. The van der Waals surface area contributed by atoms with E-state index in [2.05, 4.69) is 38.1 Å². The van der Waals surface area contributed by atoms with Crippen molar-refractivity contribution in [3.63, 3.8) is 0 Å². The molecule has 3 heteroatoms. The molecule has 2 atom stereocenters. The summed E-state index contributed by atoms with van der Waals surface area (Å²) in [4.78, 5) is 2.46. The van der Waals surface area contributed by atoms with Gasteiger partial charge in [0.2, 0.25) is 0 Å². The molecule has 2 unspecified atom stereocenters. The molecule has 2 heterocycles. The van der Waals surface area contributed by atoms with Crippen LogP contribution < -0.4 is 0 Å². The van der Waals surface area contributed by atoms with E-state index in [1.165, 1.54) is 20.9 Å². The van der Waals surface area contributed by atoms with Crippen LogP contribution in [0.25, 0.3) is 0 Å². The lowest BCUT2D eigenvalue weighted by Gasteiger charge is -2.27. The SMILES string of the molecule is Cc1cc(C(O)CC2OCCc3ccccc32)c(C)s1. The number of aliphatic hydroxyl groups excluding tert-OH is 1. The number of ether oxygens (including phenoxy) is 1. The zero-order valence-electron chi connectivity index (χ0n) is 11.9. The van der Waals surface area contributed by atoms with E-state index in [4.69, 9.17) is 4.74 Å². The van der Waals surface area contributed by atoms with Crippen molar-refractivity contribution in [3.8, 4) is 0 Å². The van der Waals surface area contributed by atoms with Gasteiger partial charge in [0.05, 0.1) is 18.8 Å². The van der Waals surface area contributed by atoms with Gasteiger partial charge in [-0.05, 0) is 43.0 Å².